The molecule has 144 valence electrons. The fraction of sp³-hybridized carbons (Fsp3) is 0.895. The highest BCUT2D eigenvalue weighted by Crippen LogP contribution is 2.26. The molecule has 2 rings (SSSR count). The van der Waals surface area contributed by atoms with Gasteiger partial charge in [0.25, 0.3) is 0 Å². The molecule has 2 heterocycles. The monoisotopic (exact) mass is 354 g/mol. The molecule has 0 bridgehead atoms. The topological polar surface area (TPSA) is 70.1 Å². The van der Waals surface area contributed by atoms with Crippen LogP contribution in [0.3, 0.4) is 0 Å². The van der Waals surface area contributed by atoms with Gasteiger partial charge in [-0.25, -0.2) is 4.79 Å². The zero-order valence-electron chi connectivity index (χ0n) is 16.2. The van der Waals surface area contributed by atoms with Crippen molar-refractivity contribution in [2.24, 2.45) is 5.92 Å². The van der Waals surface area contributed by atoms with Crippen LogP contribution in [0.5, 0.6) is 0 Å². The Morgan fingerprint density at radius 3 is 2.32 bits per heavy atom. The minimum Gasteiger partial charge on any atom is -0.444 e. The van der Waals surface area contributed by atoms with Crippen LogP contribution < -0.4 is 0 Å². The highest BCUT2D eigenvalue weighted by atomic mass is 16.6. The van der Waals surface area contributed by atoms with Crippen molar-refractivity contribution in [3.8, 4) is 0 Å². The first-order valence-corrected chi connectivity index (χ1v) is 9.65. The Kier molecular flexibility index (Phi) is 6.72. The minimum absolute atomic E-state index is 0.165. The molecule has 0 spiro atoms. The first kappa shape index (κ1) is 20.0. The van der Waals surface area contributed by atoms with Crippen LogP contribution in [0.4, 0.5) is 4.79 Å². The second kappa shape index (κ2) is 8.39. The number of aliphatic hydroxyl groups excluding tert-OH is 1. The van der Waals surface area contributed by atoms with E-state index in [1.165, 1.54) is 0 Å². The lowest BCUT2D eigenvalue weighted by Gasteiger charge is -2.39. The summed E-state index contributed by atoms with van der Waals surface area (Å²) in [6, 6.07) is 0.165. The molecule has 2 aliphatic rings. The summed E-state index contributed by atoms with van der Waals surface area (Å²) in [6.07, 6.45) is 3.98. The minimum atomic E-state index is -0.474. The van der Waals surface area contributed by atoms with Crippen LogP contribution in [0.1, 0.15) is 66.2 Å². The Hall–Kier alpha value is -1.30. The van der Waals surface area contributed by atoms with Crippen molar-refractivity contribution in [3.63, 3.8) is 0 Å². The summed E-state index contributed by atoms with van der Waals surface area (Å²) in [5.41, 5.74) is -0.474. The average molecular weight is 354 g/mol. The quantitative estimate of drug-likeness (QED) is 0.846. The van der Waals surface area contributed by atoms with Gasteiger partial charge in [-0.1, -0.05) is 6.92 Å². The van der Waals surface area contributed by atoms with Gasteiger partial charge < -0.3 is 19.6 Å². The molecule has 6 nitrogen and oxygen atoms in total. The maximum absolute atomic E-state index is 12.7. The van der Waals surface area contributed by atoms with Gasteiger partial charge in [0.2, 0.25) is 5.91 Å². The molecule has 0 aromatic carbocycles. The summed E-state index contributed by atoms with van der Waals surface area (Å²) < 4.78 is 5.42. The molecule has 25 heavy (non-hydrogen) atoms. The zero-order valence-corrected chi connectivity index (χ0v) is 16.2. The third-order valence-electron chi connectivity index (χ3n) is 5.21. The van der Waals surface area contributed by atoms with E-state index in [2.05, 4.69) is 6.92 Å². The largest absolute Gasteiger partial charge is 0.444 e. The Morgan fingerprint density at radius 2 is 1.76 bits per heavy atom. The Bertz CT molecular complexity index is 467. The highest BCUT2D eigenvalue weighted by Gasteiger charge is 2.32. The van der Waals surface area contributed by atoms with Crippen molar-refractivity contribution in [1.29, 1.82) is 0 Å². The number of piperidine rings is 2. The van der Waals surface area contributed by atoms with E-state index < -0.39 is 5.60 Å². The lowest BCUT2D eigenvalue weighted by molar-refractivity contribution is -0.138. The fourth-order valence-electron chi connectivity index (χ4n) is 3.76. The van der Waals surface area contributed by atoms with Gasteiger partial charge >= 0.3 is 6.09 Å². The summed E-state index contributed by atoms with van der Waals surface area (Å²) in [5, 5.41) is 9.81. The van der Waals surface area contributed by atoms with Crippen LogP contribution in [0.25, 0.3) is 0 Å². The van der Waals surface area contributed by atoms with Crippen molar-refractivity contribution in [2.45, 2.75) is 84.0 Å². The van der Waals surface area contributed by atoms with E-state index in [0.29, 0.717) is 44.8 Å². The first-order chi connectivity index (χ1) is 11.7. The number of nitrogens with zero attached hydrogens (tertiary/aromatic N) is 2. The Morgan fingerprint density at radius 1 is 1.12 bits per heavy atom. The maximum Gasteiger partial charge on any atom is 0.410 e. The summed E-state index contributed by atoms with van der Waals surface area (Å²) in [7, 11) is 0. The molecule has 2 atom stereocenters. The highest BCUT2D eigenvalue weighted by molar-refractivity contribution is 5.77. The molecule has 0 aromatic rings. The molecule has 2 amide bonds. The Balaban J connectivity index is 1.79. The van der Waals surface area contributed by atoms with Gasteiger partial charge in [0.05, 0.1) is 6.10 Å². The number of hydrogen-bond acceptors (Lipinski definition) is 4. The second-order valence-corrected chi connectivity index (χ2v) is 8.44. The van der Waals surface area contributed by atoms with E-state index in [4.69, 9.17) is 4.74 Å². The predicted molar refractivity (Wildman–Crippen MR) is 96.2 cm³/mol. The molecule has 2 aliphatic heterocycles. The van der Waals surface area contributed by atoms with Crippen LogP contribution >= 0.6 is 0 Å². The molecule has 0 aliphatic carbocycles. The van der Waals surface area contributed by atoms with Crippen molar-refractivity contribution in [1.82, 2.24) is 9.80 Å². The Labute approximate surface area is 151 Å². The summed E-state index contributed by atoms with van der Waals surface area (Å²) in [4.78, 5) is 28.5. The van der Waals surface area contributed by atoms with Gasteiger partial charge in [-0.05, 0) is 58.8 Å². The number of likely N-dealkylation sites (tertiary alicyclic amines) is 2. The number of carbonyl (C=O) groups excluding carboxylic acids is 2. The number of carbonyl (C=O) groups is 2. The molecule has 2 unspecified atom stereocenters. The standard InChI is InChI=1S/C19H34N2O4/c1-5-15-13-16(22)8-11-21(15)17(23)12-14-6-9-20(10-7-14)18(24)25-19(2,3)4/h14-16,22H,5-13H2,1-4H3. The van der Waals surface area contributed by atoms with Crippen LogP contribution in [0.2, 0.25) is 0 Å². The number of ether oxygens (including phenoxy) is 1. The summed E-state index contributed by atoms with van der Waals surface area (Å²) in [5.74, 6) is 0.532. The maximum atomic E-state index is 12.7. The van der Waals surface area contributed by atoms with Gasteiger partial charge in [-0.15, -0.1) is 0 Å². The van der Waals surface area contributed by atoms with Crippen LogP contribution in [-0.4, -0.2) is 64.3 Å². The van der Waals surface area contributed by atoms with E-state index >= 15 is 0 Å². The van der Waals surface area contributed by atoms with Crippen LogP contribution in [-0.2, 0) is 9.53 Å². The van der Waals surface area contributed by atoms with E-state index in [0.717, 1.165) is 19.3 Å². The van der Waals surface area contributed by atoms with Gasteiger partial charge in [-0.2, -0.15) is 0 Å². The molecule has 2 saturated heterocycles. The third kappa shape index (κ3) is 5.87. The van der Waals surface area contributed by atoms with Gasteiger partial charge in [0, 0.05) is 32.1 Å². The molecular weight excluding hydrogens is 320 g/mol. The van der Waals surface area contributed by atoms with E-state index in [1.807, 2.05) is 25.7 Å². The zero-order chi connectivity index (χ0) is 18.6. The van der Waals surface area contributed by atoms with Gasteiger partial charge in [-0.3, -0.25) is 4.79 Å². The SMILES string of the molecule is CCC1CC(O)CCN1C(=O)CC1CCN(C(=O)OC(C)(C)C)CC1. The van der Waals surface area contributed by atoms with Crippen molar-refractivity contribution in [2.75, 3.05) is 19.6 Å². The molecular formula is C19H34N2O4. The van der Waals surface area contributed by atoms with E-state index in [1.54, 1.807) is 4.90 Å². The molecule has 2 fully saturated rings. The number of hydrogen-bond donors (Lipinski definition) is 1. The predicted octanol–water partition coefficient (Wildman–Crippen LogP) is 2.79. The average Bonchev–Trinajstić information content (AvgIpc) is 2.53. The van der Waals surface area contributed by atoms with Crippen molar-refractivity contribution < 1.29 is 19.4 Å². The lowest BCUT2D eigenvalue weighted by atomic mass is 9.91. The molecule has 0 saturated carbocycles. The molecule has 0 radical (unpaired) electrons. The smallest absolute Gasteiger partial charge is 0.410 e. The number of amides is 2. The third-order valence-corrected chi connectivity index (χ3v) is 5.21. The molecule has 1 N–H and O–H groups in total. The van der Waals surface area contributed by atoms with E-state index in [-0.39, 0.29) is 24.1 Å². The van der Waals surface area contributed by atoms with E-state index in [9.17, 15) is 14.7 Å². The second-order valence-electron chi connectivity index (χ2n) is 8.44. The summed E-state index contributed by atoms with van der Waals surface area (Å²) in [6.45, 7) is 9.66. The van der Waals surface area contributed by atoms with Crippen LogP contribution in [0, 0.1) is 5.92 Å². The lowest BCUT2D eigenvalue weighted by Crippen LogP contribution is -2.48. The van der Waals surface area contributed by atoms with Gasteiger partial charge in [0.1, 0.15) is 5.60 Å². The number of rotatable bonds is 3. The van der Waals surface area contributed by atoms with Crippen LogP contribution in [0.15, 0.2) is 0 Å². The normalized spacial score (nSPS) is 25.8. The number of aliphatic hydroxyl groups is 1. The molecule has 6 heteroatoms. The fourth-order valence-corrected chi connectivity index (χ4v) is 3.76. The van der Waals surface area contributed by atoms with Gasteiger partial charge in [0.15, 0.2) is 0 Å². The summed E-state index contributed by atoms with van der Waals surface area (Å²) >= 11 is 0. The molecule has 0 aromatic heterocycles. The first-order valence-electron chi connectivity index (χ1n) is 9.65. The van der Waals surface area contributed by atoms with Crippen molar-refractivity contribution >= 4 is 12.0 Å². The van der Waals surface area contributed by atoms with Crippen molar-refractivity contribution in [3.05, 3.63) is 0 Å².